The lowest BCUT2D eigenvalue weighted by Gasteiger charge is -2.31. The molecule has 1 fully saturated rings. The Morgan fingerprint density at radius 3 is 2.55 bits per heavy atom. The van der Waals surface area contributed by atoms with E-state index in [4.69, 9.17) is 16.3 Å². The fraction of sp³-hybridized carbons (Fsp3) is 0.391. The van der Waals surface area contributed by atoms with Gasteiger partial charge in [0.25, 0.3) is 5.91 Å². The van der Waals surface area contributed by atoms with E-state index in [0.717, 1.165) is 5.56 Å². The van der Waals surface area contributed by atoms with E-state index in [-0.39, 0.29) is 35.7 Å². The average molecular weight is 492 g/mol. The van der Waals surface area contributed by atoms with Crippen LogP contribution in [0.5, 0.6) is 5.75 Å². The van der Waals surface area contributed by atoms with E-state index in [1.165, 1.54) is 16.4 Å². The molecule has 0 unspecified atom stereocenters. The highest BCUT2D eigenvalue weighted by Crippen LogP contribution is 2.34. The predicted octanol–water partition coefficient (Wildman–Crippen LogP) is 3.17. The van der Waals surface area contributed by atoms with Crippen LogP contribution in [0.2, 0.25) is 5.02 Å². The van der Waals surface area contributed by atoms with Gasteiger partial charge in [0.1, 0.15) is 5.75 Å². The molecule has 0 saturated carbocycles. The van der Waals surface area contributed by atoms with Crippen molar-refractivity contribution in [2.75, 3.05) is 18.4 Å². The van der Waals surface area contributed by atoms with Crippen molar-refractivity contribution in [2.24, 2.45) is 5.92 Å². The van der Waals surface area contributed by atoms with Crippen molar-refractivity contribution in [1.82, 2.24) is 9.62 Å². The Morgan fingerprint density at radius 2 is 1.88 bits per heavy atom. The molecule has 2 N–H and O–H groups in total. The third-order valence-corrected chi connectivity index (χ3v) is 8.13. The van der Waals surface area contributed by atoms with Crippen molar-refractivity contribution < 1.29 is 22.7 Å². The fourth-order valence-electron chi connectivity index (χ4n) is 4.00. The van der Waals surface area contributed by atoms with Crippen molar-refractivity contribution in [3.05, 3.63) is 53.1 Å². The Balaban J connectivity index is 1.36. The molecule has 8 nitrogen and oxygen atoms in total. The maximum absolute atomic E-state index is 13.2. The van der Waals surface area contributed by atoms with E-state index in [9.17, 15) is 18.0 Å². The Bertz CT molecular complexity index is 1150. The number of piperidine rings is 1. The number of nitrogens with one attached hydrogen (secondary N) is 2. The zero-order chi connectivity index (χ0) is 23.6. The van der Waals surface area contributed by atoms with E-state index in [1.807, 2.05) is 19.1 Å². The van der Waals surface area contributed by atoms with Gasteiger partial charge in [-0.05, 0) is 55.2 Å². The highest BCUT2D eigenvalue weighted by molar-refractivity contribution is 7.89. The molecule has 2 aromatic rings. The third kappa shape index (κ3) is 5.15. The Kier molecular flexibility index (Phi) is 6.92. The van der Waals surface area contributed by atoms with Gasteiger partial charge in [0.2, 0.25) is 15.9 Å². The molecule has 0 aliphatic carbocycles. The maximum Gasteiger partial charge on any atom is 0.265 e. The van der Waals surface area contributed by atoms with Crippen LogP contribution in [0.15, 0.2) is 47.4 Å². The molecule has 0 aromatic heterocycles. The highest BCUT2D eigenvalue weighted by Gasteiger charge is 2.33. The first kappa shape index (κ1) is 23.5. The molecular formula is C23H26ClN3O5S. The quantitative estimate of drug-likeness (QED) is 0.645. The number of nitrogens with zero attached hydrogens (tertiary/aromatic N) is 1. The van der Waals surface area contributed by atoms with E-state index in [1.54, 1.807) is 18.2 Å². The lowest BCUT2D eigenvalue weighted by molar-refractivity contribution is -0.126. The molecule has 0 spiro atoms. The van der Waals surface area contributed by atoms with Crippen LogP contribution in [-0.2, 0) is 26.2 Å². The molecular weight excluding hydrogens is 466 g/mol. The van der Waals surface area contributed by atoms with Gasteiger partial charge in [0, 0.05) is 30.6 Å². The molecule has 1 atom stereocenters. The second-order valence-electron chi connectivity index (χ2n) is 8.18. The zero-order valence-corrected chi connectivity index (χ0v) is 19.8. The van der Waals surface area contributed by atoms with Crippen LogP contribution >= 0.6 is 11.6 Å². The molecule has 1 saturated heterocycles. The van der Waals surface area contributed by atoms with Crippen LogP contribution in [0.1, 0.15) is 31.7 Å². The summed E-state index contributed by atoms with van der Waals surface area (Å²) in [5, 5.41) is 6.27. The minimum atomic E-state index is -3.76. The Hall–Kier alpha value is -2.62. The number of benzene rings is 2. The minimum Gasteiger partial charge on any atom is -0.478 e. The van der Waals surface area contributed by atoms with Gasteiger partial charge < -0.3 is 15.4 Å². The summed E-state index contributed by atoms with van der Waals surface area (Å²) in [6, 6.07) is 11.7. The first-order valence-electron chi connectivity index (χ1n) is 10.9. The second-order valence-corrected chi connectivity index (χ2v) is 10.6. The SMILES string of the molecule is CC[C@H]1Oc2ccc(S(=O)(=O)N3CCC(C(=O)NCc4ccc(Cl)cc4)CC3)cc2NC1=O. The van der Waals surface area contributed by atoms with E-state index < -0.39 is 16.1 Å². The van der Waals surface area contributed by atoms with Gasteiger partial charge in [-0.1, -0.05) is 30.7 Å². The van der Waals surface area contributed by atoms with E-state index in [0.29, 0.717) is 42.3 Å². The summed E-state index contributed by atoms with van der Waals surface area (Å²) in [6.45, 7) is 2.74. The highest BCUT2D eigenvalue weighted by atomic mass is 35.5. The lowest BCUT2D eigenvalue weighted by atomic mass is 9.97. The summed E-state index contributed by atoms with van der Waals surface area (Å²) >= 11 is 5.88. The number of ether oxygens (including phenoxy) is 1. The Morgan fingerprint density at radius 1 is 1.18 bits per heavy atom. The van der Waals surface area contributed by atoms with Crippen molar-refractivity contribution in [1.29, 1.82) is 0 Å². The number of anilines is 1. The van der Waals surface area contributed by atoms with Crippen LogP contribution in [-0.4, -0.2) is 43.7 Å². The molecule has 33 heavy (non-hydrogen) atoms. The molecule has 2 aliphatic heterocycles. The molecule has 176 valence electrons. The predicted molar refractivity (Wildman–Crippen MR) is 125 cm³/mol. The van der Waals surface area contributed by atoms with Crippen LogP contribution in [0.4, 0.5) is 5.69 Å². The summed E-state index contributed by atoms with van der Waals surface area (Å²) < 4.78 is 33.3. The number of hydrogen-bond acceptors (Lipinski definition) is 5. The zero-order valence-electron chi connectivity index (χ0n) is 18.2. The van der Waals surface area contributed by atoms with Crippen LogP contribution in [0.25, 0.3) is 0 Å². The van der Waals surface area contributed by atoms with Crippen molar-refractivity contribution in [3.8, 4) is 5.75 Å². The van der Waals surface area contributed by atoms with Gasteiger partial charge in [-0.2, -0.15) is 4.31 Å². The first-order valence-corrected chi connectivity index (χ1v) is 12.7. The number of halogens is 1. The van der Waals surface area contributed by atoms with Crippen LogP contribution in [0, 0.1) is 5.92 Å². The Labute approximate surface area is 198 Å². The van der Waals surface area contributed by atoms with E-state index in [2.05, 4.69) is 10.6 Å². The van der Waals surface area contributed by atoms with Gasteiger partial charge in [-0.15, -0.1) is 0 Å². The molecule has 2 heterocycles. The van der Waals surface area contributed by atoms with Gasteiger partial charge in [0.15, 0.2) is 6.10 Å². The number of fused-ring (bicyclic) bond motifs is 1. The molecule has 0 bridgehead atoms. The number of amides is 2. The summed E-state index contributed by atoms with van der Waals surface area (Å²) in [5.41, 5.74) is 1.30. The van der Waals surface area contributed by atoms with Crippen molar-refractivity contribution in [3.63, 3.8) is 0 Å². The average Bonchev–Trinajstić information content (AvgIpc) is 2.82. The summed E-state index contributed by atoms with van der Waals surface area (Å²) in [4.78, 5) is 24.7. The summed E-state index contributed by atoms with van der Waals surface area (Å²) in [5.74, 6) is -0.159. The largest absolute Gasteiger partial charge is 0.478 e. The van der Waals surface area contributed by atoms with Gasteiger partial charge in [-0.3, -0.25) is 9.59 Å². The van der Waals surface area contributed by atoms with Gasteiger partial charge >= 0.3 is 0 Å². The molecule has 2 amide bonds. The smallest absolute Gasteiger partial charge is 0.265 e. The molecule has 0 radical (unpaired) electrons. The minimum absolute atomic E-state index is 0.0823. The van der Waals surface area contributed by atoms with Crippen molar-refractivity contribution in [2.45, 2.75) is 43.7 Å². The van der Waals surface area contributed by atoms with Gasteiger partial charge in [-0.25, -0.2) is 8.42 Å². The molecule has 10 heteroatoms. The summed E-state index contributed by atoms with van der Waals surface area (Å²) in [6.07, 6.45) is 0.821. The number of carbonyl (C=O) groups excluding carboxylic acids is 2. The normalized spacial score (nSPS) is 19.3. The number of sulfonamides is 1. The fourth-order valence-corrected chi connectivity index (χ4v) is 5.62. The third-order valence-electron chi connectivity index (χ3n) is 5.98. The van der Waals surface area contributed by atoms with Gasteiger partial charge in [0.05, 0.1) is 10.6 Å². The maximum atomic E-state index is 13.2. The number of carbonyl (C=O) groups is 2. The topological polar surface area (TPSA) is 105 Å². The van der Waals surface area contributed by atoms with Crippen LogP contribution < -0.4 is 15.4 Å². The number of rotatable bonds is 6. The molecule has 2 aromatic carbocycles. The monoisotopic (exact) mass is 491 g/mol. The molecule has 4 rings (SSSR count). The lowest BCUT2D eigenvalue weighted by Crippen LogP contribution is -2.43. The van der Waals surface area contributed by atoms with E-state index >= 15 is 0 Å². The molecule has 2 aliphatic rings. The number of hydrogen-bond donors (Lipinski definition) is 2. The second kappa shape index (κ2) is 9.70. The standard InChI is InChI=1S/C23H26ClN3O5S/c1-2-20-23(29)26-19-13-18(7-8-21(19)32-20)33(30,31)27-11-9-16(10-12-27)22(28)25-14-15-3-5-17(24)6-4-15/h3-8,13,16,20H,2,9-12,14H2,1H3,(H,25,28)(H,26,29)/t20-/m1/s1. The first-order chi connectivity index (χ1) is 15.8. The summed E-state index contributed by atoms with van der Waals surface area (Å²) in [7, 11) is -3.76. The van der Waals surface area contributed by atoms with Crippen molar-refractivity contribution >= 4 is 39.1 Å². The van der Waals surface area contributed by atoms with Crippen LogP contribution in [0.3, 0.4) is 0 Å².